The maximum absolute atomic E-state index is 12.5. The van der Waals surface area contributed by atoms with Gasteiger partial charge in [-0.15, -0.1) is 11.8 Å². The SMILES string of the molecule is Cc1nc(=O)[nH]c(C)c1CC(=O)N1C(C)SCC1C(=O)O. The zero-order chi connectivity index (χ0) is 15.7. The molecule has 114 valence electrons. The van der Waals surface area contributed by atoms with Gasteiger partial charge in [0.2, 0.25) is 5.91 Å². The number of aryl methyl sites for hydroxylation is 2. The molecule has 0 radical (unpaired) electrons. The molecule has 7 nitrogen and oxygen atoms in total. The summed E-state index contributed by atoms with van der Waals surface area (Å²) in [6.45, 7) is 5.19. The number of carboxylic acids is 1. The molecule has 0 aromatic carbocycles. The zero-order valence-electron chi connectivity index (χ0n) is 12.0. The minimum absolute atomic E-state index is 0.0378. The molecule has 8 heteroatoms. The fraction of sp³-hybridized carbons (Fsp3) is 0.538. The van der Waals surface area contributed by atoms with Crippen molar-refractivity contribution in [3.8, 4) is 0 Å². The lowest BCUT2D eigenvalue weighted by Gasteiger charge is -2.25. The van der Waals surface area contributed by atoms with Gasteiger partial charge in [-0.25, -0.2) is 9.59 Å². The Morgan fingerprint density at radius 2 is 2.14 bits per heavy atom. The molecule has 2 unspecified atom stereocenters. The average molecular weight is 311 g/mol. The molecule has 0 bridgehead atoms. The van der Waals surface area contributed by atoms with Crippen LogP contribution < -0.4 is 5.69 Å². The van der Waals surface area contributed by atoms with Crippen molar-refractivity contribution in [1.82, 2.24) is 14.9 Å². The molecule has 0 aliphatic carbocycles. The predicted molar refractivity (Wildman–Crippen MR) is 78.2 cm³/mol. The summed E-state index contributed by atoms with van der Waals surface area (Å²) < 4.78 is 0. The molecule has 1 aromatic rings. The van der Waals surface area contributed by atoms with Crippen molar-refractivity contribution in [2.45, 2.75) is 38.6 Å². The van der Waals surface area contributed by atoms with Crippen LogP contribution in [0.5, 0.6) is 0 Å². The third kappa shape index (κ3) is 3.10. The van der Waals surface area contributed by atoms with E-state index in [1.807, 2.05) is 6.92 Å². The van der Waals surface area contributed by atoms with Crippen LogP contribution in [0.25, 0.3) is 0 Å². The van der Waals surface area contributed by atoms with Crippen LogP contribution >= 0.6 is 11.8 Å². The van der Waals surface area contributed by atoms with Gasteiger partial charge >= 0.3 is 11.7 Å². The summed E-state index contributed by atoms with van der Waals surface area (Å²) in [5, 5.41) is 9.02. The molecule has 0 saturated carbocycles. The number of carbonyl (C=O) groups excluding carboxylic acids is 1. The van der Waals surface area contributed by atoms with Gasteiger partial charge in [0.25, 0.3) is 0 Å². The van der Waals surface area contributed by atoms with Gasteiger partial charge in [-0.05, 0) is 20.8 Å². The monoisotopic (exact) mass is 311 g/mol. The van der Waals surface area contributed by atoms with Gasteiger partial charge in [-0.1, -0.05) is 0 Å². The van der Waals surface area contributed by atoms with Crippen LogP contribution in [0.15, 0.2) is 4.79 Å². The second kappa shape index (κ2) is 5.88. The molecular formula is C13H17N3O4S. The van der Waals surface area contributed by atoms with Crippen LogP contribution in [-0.2, 0) is 16.0 Å². The molecule has 2 atom stereocenters. The van der Waals surface area contributed by atoms with Crippen LogP contribution in [-0.4, -0.2) is 49.0 Å². The number of nitrogens with one attached hydrogen (secondary N) is 1. The molecule has 2 rings (SSSR count). The van der Waals surface area contributed by atoms with Crippen molar-refractivity contribution < 1.29 is 14.7 Å². The molecular weight excluding hydrogens is 294 g/mol. The Balaban J connectivity index is 2.25. The van der Waals surface area contributed by atoms with Crippen molar-refractivity contribution in [3.63, 3.8) is 0 Å². The highest BCUT2D eigenvalue weighted by atomic mass is 32.2. The first-order chi connectivity index (χ1) is 9.81. The first-order valence-electron chi connectivity index (χ1n) is 6.53. The summed E-state index contributed by atoms with van der Waals surface area (Å²) >= 11 is 1.44. The zero-order valence-corrected chi connectivity index (χ0v) is 12.9. The summed E-state index contributed by atoms with van der Waals surface area (Å²) in [5.41, 5.74) is 1.28. The number of hydrogen-bond donors (Lipinski definition) is 2. The quantitative estimate of drug-likeness (QED) is 0.832. The van der Waals surface area contributed by atoms with E-state index in [1.165, 1.54) is 16.7 Å². The standard InChI is InChI=1S/C13H17N3O4S/c1-6-9(7(2)15-13(20)14-6)4-11(17)16-8(3)21-5-10(16)12(18)19/h8,10H,4-5H2,1-3H3,(H,18,19)(H,14,15,20). The molecule has 1 saturated heterocycles. The van der Waals surface area contributed by atoms with Gasteiger partial charge in [-0.2, -0.15) is 4.98 Å². The fourth-order valence-electron chi connectivity index (χ4n) is 2.47. The fourth-order valence-corrected chi connectivity index (χ4v) is 3.66. The highest BCUT2D eigenvalue weighted by Gasteiger charge is 2.39. The predicted octanol–water partition coefficient (Wildman–Crippen LogP) is 0.304. The second-order valence-electron chi connectivity index (χ2n) is 5.00. The van der Waals surface area contributed by atoms with Gasteiger partial charge in [-0.3, -0.25) is 4.79 Å². The van der Waals surface area contributed by atoms with Gasteiger partial charge < -0.3 is 15.0 Å². The molecule has 2 N–H and O–H groups in total. The van der Waals surface area contributed by atoms with Gasteiger partial charge in [0, 0.05) is 22.7 Å². The third-order valence-corrected chi connectivity index (χ3v) is 4.79. The average Bonchev–Trinajstić information content (AvgIpc) is 2.75. The Hall–Kier alpha value is -1.83. The lowest BCUT2D eigenvalue weighted by atomic mass is 10.1. The first-order valence-corrected chi connectivity index (χ1v) is 7.58. The van der Waals surface area contributed by atoms with E-state index in [1.54, 1.807) is 13.8 Å². The summed E-state index contributed by atoms with van der Waals surface area (Å²) in [6, 6.07) is -0.797. The highest BCUT2D eigenvalue weighted by molar-refractivity contribution is 8.00. The number of carbonyl (C=O) groups is 2. The molecule has 1 fully saturated rings. The first kappa shape index (κ1) is 15.6. The Morgan fingerprint density at radius 1 is 1.48 bits per heavy atom. The molecule has 1 aliphatic heterocycles. The maximum atomic E-state index is 12.5. The number of nitrogens with zero attached hydrogens (tertiary/aromatic N) is 2. The van der Waals surface area contributed by atoms with Crippen molar-refractivity contribution in [2.75, 3.05) is 5.75 Å². The Labute approximate surface area is 125 Å². The Morgan fingerprint density at radius 3 is 2.71 bits per heavy atom. The van der Waals surface area contributed by atoms with Gasteiger partial charge in [0.05, 0.1) is 11.8 Å². The van der Waals surface area contributed by atoms with Crippen LogP contribution in [0, 0.1) is 13.8 Å². The molecule has 1 aliphatic rings. The minimum Gasteiger partial charge on any atom is -0.480 e. The number of thioether (sulfide) groups is 1. The normalized spacial score (nSPS) is 21.6. The minimum atomic E-state index is -0.992. The summed E-state index contributed by atoms with van der Waals surface area (Å²) in [7, 11) is 0. The van der Waals surface area contributed by atoms with Crippen molar-refractivity contribution >= 4 is 23.6 Å². The number of H-pyrrole nitrogens is 1. The number of aromatic amines is 1. The van der Waals surface area contributed by atoms with Gasteiger partial charge in [0.15, 0.2) is 0 Å². The van der Waals surface area contributed by atoms with Crippen LogP contribution in [0.2, 0.25) is 0 Å². The largest absolute Gasteiger partial charge is 0.480 e. The van der Waals surface area contributed by atoms with Gasteiger partial charge in [0.1, 0.15) is 6.04 Å². The lowest BCUT2D eigenvalue weighted by Crippen LogP contribution is -2.45. The number of carboxylic acid groups (broad SMARTS) is 1. The maximum Gasteiger partial charge on any atom is 0.345 e. The topological polar surface area (TPSA) is 103 Å². The van der Waals surface area contributed by atoms with Crippen LogP contribution in [0.4, 0.5) is 0 Å². The Bertz CT molecular complexity index is 617. The number of amides is 1. The lowest BCUT2D eigenvalue weighted by molar-refractivity contribution is -0.148. The van der Waals surface area contributed by atoms with Crippen LogP contribution in [0.1, 0.15) is 23.9 Å². The van der Waals surface area contributed by atoms with Crippen LogP contribution in [0.3, 0.4) is 0 Å². The molecule has 0 spiro atoms. The van der Waals surface area contributed by atoms with E-state index >= 15 is 0 Å². The third-order valence-electron chi connectivity index (χ3n) is 3.58. The molecule has 1 aromatic heterocycles. The smallest absolute Gasteiger partial charge is 0.345 e. The number of hydrogen-bond acceptors (Lipinski definition) is 5. The number of aromatic nitrogens is 2. The summed E-state index contributed by atoms with van der Waals surface area (Å²) in [4.78, 5) is 42.7. The van der Waals surface area contributed by atoms with Crippen molar-refractivity contribution in [1.29, 1.82) is 0 Å². The van der Waals surface area contributed by atoms with Crippen molar-refractivity contribution in [3.05, 3.63) is 27.4 Å². The van der Waals surface area contributed by atoms with E-state index in [-0.39, 0.29) is 17.7 Å². The van der Waals surface area contributed by atoms with E-state index in [0.29, 0.717) is 22.7 Å². The summed E-state index contributed by atoms with van der Waals surface area (Å²) in [6.07, 6.45) is 0.0378. The van der Waals surface area contributed by atoms with E-state index in [2.05, 4.69) is 9.97 Å². The Kier molecular flexibility index (Phi) is 4.36. The molecule has 21 heavy (non-hydrogen) atoms. The van der Waals surface area contributed by atoms with E-state index < -0.39 is 17.7 Å². The second-order valence-corrected chi connectivity index (χ2v) is 6.34. The molecule has 2 heterocycles. The van der Waals surface area contributed by atoms with E-state index in [9.17, 15) is 19.5 Å². The summed E-state index contributed by atoms with van der Waals surface area (Å²) in [5.74, 6) is -0.863. The van der Waals surface area contributed by atoms with E-state index in [0.717, 1.165) is 0 Å². The number of aliphatic carboxylic acids is 1. The van der Waals surface area contributed by atoms with E-state index in [4.69, 9.17) is 0 Å². The highest BCUT2D eigenvalue weighted by Crippen LogP contribution is 2.29. The van der Waals surface area contributed by atoms with Crippen molar-refractivity contribution in [2.24, 2.45) is 0 Å². The molecule has 1 amide bonds. The number of rotatable bonds is 3.